The van der Waals surface area contributed by atoms with Crippen LogP contribution in [0.3, 0.4) is 0 Å². The molecule has 0 atom stereocenters. The van der Waals surface area contributed by atoms with Crippen molar-refractivity contribution in [3.05, 3.63) is 29.8 Å². The molecule has 1 N–H and O–H groups in total. The number of halogens is 1. The average Bonchev–Trinajstić information content (AvgIpc) is 3.30. The molecule has 1 aromatic carbocycles. The third-order valence-corrected chi connectivity index (χ3v) is 6.01. The summed E-state index contributed by atoms with van der Waals surface area (Å²) in [5.74, 6) is 1.99. The number of rotatable bonds is 7. The molecular formula is C22H37IN4O. The van der Waals surface area contributed by atoms with Gasteiger partial charge in [-0.25, -0.2) is 0 Å². The van der Waals surface area contributed by atoms with Crippen molar-refractivity contribution in [3.63, 3.8) is 0 Å². The van der Waals surface area contributed by atoms with Crippen LogP contribution in [0.15, 0.2) is 29.3 Å². The van der Waals surface area contributed by atoms with E-state index >= 15 is 0 Å². The molecule has 1 heterocycles. The summed E-state index contributed by atoms with van der Waals surface area (Å²) < 4.78 is 5.81. The van der Waals surface area contributed by atoms with Gasteiger partial charge in [-0.3, -0.25) is 4.99 Å². The monoisotopic (exact) mass is 500 g/mol. The van der Waals surface area contributed by atoms with Gasteiger partial charge in [0, 0.05) is 33.2 Å². The summed E-state index contributed by atoms with van der Waals surface area (Å²) in [6.45, 7) is 4.93. The number of benzene rings is 1. The predicted octanol–water partition coefficient (Wildman–Crippen LogP) is 3.98. The minimum atomic E-state index is 0. The van der Waals surface area contributed by atoms with Gasteiger partial charge in [-0.2, -0.15) is 0 Å². The van der Waals surface area contributed by atoms with Gasteiger partial charge in [-0.05, 0) is 62.9 Å². The zero-order valence-corrected chi connectivity index (χ0v) is 20.1. The second-order valence-electron chi connectivity index (χ2n) is 8.43. The molecule has 1 spiro atoms. The lowest BCUT2D eigenvalue weighted by Crippen LogP contribution is -2.40. The zero-order valence-electron chi connectivity index (χ0n) is 17.7. The van der Waals surface area contributed by atoms with E-state index in [1.165, 1.54) is 44.2 Å². The molecule has 0 amide bonds. The van der Waals surface area contributed by atoms with E-state index in [2.05, 4.69) is 58.5 Å². The maximum atomic E-state index is 5.81. The zero-order chi connectivity index (χ0) is 19.1. The van der Waals surface area contributed by atoms with Crippen LogP contribution in [0.4, 0.5) is 0 Å². The maximum absolute atomic E-state index is 5.81. The lowest BCUT2D eigenvalue weighted by atomic mass is 9.86. The van der Waals surface area contributed by atoms with Crippen LogP contribution in [0.25, 0.3) is 0 Å². The Labute approximate surface area is 187 Å². The second-order valence-corrected chi connectivity index (χ2v) is 8.43. The minimum Gasteiger partial charge on any atom is -0.494 e. The Morgan fingerprint density at radius 1 is 1.18 bits per heavy atom. The second kappa shape index (κ2) is 11.2. The fourth-order valence-corrected chi connectivity index (χ4v) is 4.44. The Kier molecular flexibility index (Phi) is 9.34. The van der Waals surface area contributed by atoms with E-state index in [0.717, 1.165) is 44.4 Å². The number of likely N-dealkylation sites (tertiary alicyclic amines) is 1. The largest absolute Gasteiger partial charge is 0.494 e. The lowest BCUT2D eigenvalue weighted by molar-refractivity contribution is 0.281. The number of nitrogens with zero attached hydrogens (tertiary/aromatic N) is 3. The highest BCUT2D eigenvalue weighted by Crippen LogP contribution is 2.45. The van der Waals surface area contributed by atoms with Crippen LogP contribution in [0.2, 0.25) is 0 Å². The van der Waals surface area contributed by atoms with E-state index < -0.39 is 0 Å². The molecule has 158 valence electrons. The topological polar surface area (TPSA) is 40.1 Å². The molecule has 1 saturated carbocycles. The van der Waals surface area contributed by atoms with Crippen LogP contribution in [-0.2, 0) is 6.54 Å². The standard InChI is InChI=1S/C22H36N4O.HI/c1-23-21(26-15-13-22(18-26)11-4-5-12-22)24-17-19-7-9-20(10-8-19)27-16-6-14-25(2)3;/h7-10H,4-6,11-18H2,1-3H3,(H,23,24);1H. The van der Waals surface area contributed by atoms with Gasteiger partial charge in [0.05, 0.1) is 6.61 Å². The van der Waals surface area contributed by atoms with E-state index in [4.69, 9.17) is 4.74 Å². The first-order chi connectivity index (χ1) is 13.1. The SMILES string of the molecule is CN=C(NCc1ccc(OCCCN(C)C)cc1)N1CCC2(CCCC2)C1.I. The summed E-state index contributed by atoms with van der Waals surface area (Å²) in [5.41, 5.74) is 1.83. The molecular weight excluding hydrogens is 463 g/mol. The molecule has 2 fully saturated rings. The Morgan fingerprint density at radius 2 is 1.89 bits per heavy atom. The van der Waals surface area contributed by atoms with Crippen LogP contribution in [-0.4, -0.2) is 63.1 Å². The molecule has 1 saturated heterocycles. The third-order valence-electron chi connectivity index (χ3n) is 6.01. The van der Waals surface area contributed by atoms with Crippen molar-refractivity contribution in [2.24, 2.45) is 10.4 Å². The molecule has 6 heteroatoms. The van der Waals surface area contributed by atoms with Crippen molar-refractivity contribution in [1.29, 1.82) is 0 Å². The van der Waals surface area contributed by atoms with Gasteiger partial charge >= 0.3 is 0 Å². The molecule has 1 aliphatic carbocycles. The van der Waals surface area contributed by atoms with Crippen molar-refractivity contribution >= 4 is 29.9 Å². The summed E-state index contributed by atoms with van der Waals surface area (Å²) >= 11 is 0. The highest BCUT2D eigenvalue weighted by Gasteiger charge is 2.40. The molecule has 0 aromatic heterocycles. The number of hydrogen-bond acceptors (Lipinski definition) is 3. The molecule has 0 radical (unpaired) electrons. The van der Waals surface area contributed by atoms with Gasteiger partial charge in [0.2, 0.25) is 0 Å². The molecule has 0 unspecified atom stereocenters. The molecule has 2 aliphatic rings. The van der Waals surface area contributed by atoms with Crippen molar-refractivity contribution in [2.75, 3.05) is 47.4 Å². The van der Waals surface area contributed by atoms with E-state index in [-0.39, 0.29) is 24.0 Å². The van der Waals surface area contributed by atoms with Gasteiger partial charge in [0.25, 0.3) is 0 Å². The molecule has 0 bridgehead atoms. The summed E-state index contributed by atoms with van der Waals surface area (Å²) in [4.78, 5) is 9.16. The number of guanidine groups is 1. The van der Waals surface area contributed by atoms with Crippen LogP contribution < -0.4 is 10.1 Å². The third kappa shape index (κ3) is 6.51. The Balaban J connectivity index is 0.00000280. The number of hydrogen-bond donors (Lipinski definition) is 1. The Hall–Kier alpha value is -1.02. The van der Waals surface area contributed by atoms with Crippen LogP contribution >= 0.6 is 24.0 Å². The lowest BCUT2D eigenvalue weighted by Gasteiger charge is -2.26. The van der Waals surface area contributed by atoms with Gasteiger partial charge in [0.15, 0.2) is 5.96 Å². The number of ether oxygens (including phenoxy) is 1. The molecule has 1 aromatic rings. The van der Waals surface area contributed by atoms with Crippen LogP contribution in [0, 0.1) is 5.41 Å². The molecule has 1 aliphatic heterocycles. The molecule has 3 rings (SSSR count). The van der Waals surface area contributed by atoms with Crippen LogP contribution in [0.1, 0.15) is 44.1 Å². The molecule has 5 nitrogen and oxygen atoms in total. The van der Waals surface area contributed by atoms with Crippen molar-refractivity contribution in [3.8, 4) is 5.75 Å². The van der Waals surface area contributed by atoms with E-state index in [1.807, 2.05) is 7.05 Å². The van der Waals surface area contributed by atoms with Crippen LogP contribution in [0.5, 0.6) is 5.75 Å². The predicted molar refractivity (Wildman–Crippen MR) is 128 cm³/mol. The summed E-state index contributed by atoms with van der Waals surface area (Å²) in [5, 5.41) is 3.55. The fraction of sp³-hybridized carbons (Fsp3) is 0.682. The smallest absolute Gasteiger partial charge is 0.193 e. The minimum absolute atomic E-state index is 0. The average molecular weight is 500 g/mol. The summed E-state index contributed by atoms with van der Waals surface area (Å²) in [7, 11) is 6.07. The van der Waals surface area contributed by atoms with Crippen molar-refractivity contribution in [1.82, 2.24) is 15.1 Å². The maximum Gasteiger partial charge on any atom is 0.193 e. The van der Waals surface area contributed by atoms with E-state index in [9.17, 15) is 0 Å². The highest BCUT2D eigenvalue weighted by molar-refractivity contribution is 14.0. The quantitative estimate of drug-likeness (QED) is 0.266. The highest BCUT2D eigenvalue weighted by atomic mass is 127. The van der Waals surface area contributed by atoms with E-state index in [1.54, 1.807) is 0 Å². The summed E-state index contributed by atoms with van der Waals surface area (Å²) in [6.07, 6.45) is 7.98. The molecule has 28 heavy (non-hydrogen) atoms. The Morgan fingerprint density at radius 3 is 2.54 bits per heavy atom. The first-order valence-corrected chi connectivity index (χ1v) is 10.4. The summed E-state index contributed by atoms with van der Waals surface area (Å²) in [6, 6.07) is 8.42. The number of nitrogens with one attached hydrogen (secondary N) is 1. The van der Waals surface area contributed by atoms with Gasteiger partial charge in [-0.1, -0.05) is 25.0 Å². The first kappa shape index (κ1) is 23.3. The Bertz CT molecular complexity index is 611. The van der Waals surface area contributed by atoms with Gasteiger partial charge < -0.3 is 19.9 Å². The van der Waals surface area contributed by atoms with Crippen molar-refractivity contribution < 1.29 is 4.74 Å². The fourth-order valence-electron chi connectivity index (χ4n) is 4.44. The first-order valence-electron chi connectivity index (χ1n) is 10.4. The normalized spacial score (nSPS) is 18.6. The van der Waals surface area contributed by atoms with E-state index in [0.29, 0.717) is 5.41 Å². The van der Waals surface area contributed by atoms with Gasteiger partial charge in [-0.15, -0.1) is 24.0 Å². The number of aliphatic imine (C=N–C) groups is 1. The van der Waals surface area contributed by atoms with Gasteiger partial charge in [0.1, 0.15) is 5.75 Å². The van der Waals surface area contributed by atoms with Crippen molar-refractivity contribution in [2.45, 2.75) is 45.1 Å².